The van der Waals surface area contributed by atoms with Crippen LogP contribution < -0.4 is 11.1 Å². The summed E-state index contributed by atoms with van der Waals surface area (Å²) in [6, 6.07) is -0.387. The molecule has 0 aliphatic heterocycles. The molecule has 3 atom stereocenters. The van der Waals surface area contributed by atoms with E-state index in [2.05, 4.69) is 12.2 Å². The Hall–Kier alpha value is -0.260. The number of aliphatic hydroxyl groups is 1. The van der Waals surface area contributed by atoms with E-state index < -0.39 is 12.1 Å². The van der Waals surface area contributed by atoms with E-state index in [1.165, 1.54) is 0 Å². The van der Waals surface area contributed by atoms with Gasteiger partial charge in [-0.25, -0.2) is 0 Å². The van der Waals surface area contributed by atoms with Gasteiger partial charge in [0.25, 0.3) is 5.91 Å². The molecule has 0 saturated carbocycles. The quantitative estimate of drug-likeness (QED) is 0.554. The first-order valence-electron chi connectivity index (χ1n) is 5.84. The first kappa shape index (κ1) is 15.7. The summed E-state index contributed by atoms with van der Waals surface area (Å²) in [4.78, 5) is 11.5. The van der Waals surface area contributed by atoms with Gasteiger partial charge in [-0.3, -0.25) is 4.79 Å². The highest BCUT2D eigenvalue weighted by Gasteiger charge is 2.23. The minimum Gasteiger partial charge on any atom is -0.382 e. The van der Waals surface area contributed by atoms with E-state index in [1.807, 2.05) is 13.8 Å². The summed E-state index contributed by atoms with van der Waals surface area (Å²) in [5.74, 6) is 1.55. The molecule has 0 heterocycles. The molecule has 0 aromatic rings. The fourth-order valence-electron chi connectivity index (χ4n) is 1.15. The van der Waals surface area contributed by atoms with Crippen molar-refractivity contribution in [3.63, 3.8) is 0 Å². The third kappa shape index (κ3) is 6.35. The molecule has 5 heteroatoms. The molecular formula is C11H24N2O2S. The second kappa shape index (κ2) is 8.84. The van der Waals surface area contributed by atoms with Crippen molar-refractivity contribution < 1.29 is 9.90 Å². The van der Waals surface area contributed by atoms with Crippen LogP contribution in [-0.4, -0.2) is 40.7 Å². The first-order valence-corrected chi connectivity index (χ1v) is 7.00. The predicted octanol–water partition coefficient (Wildman–Crippen LogP) is 0.732. The van der Waals surface area contributed by atoms with Crippen molar-refractivity contribution in [3.8, 4) is 0 Å². The molecule has 96 valence electrons. The fraction of sp³-hybridized carbons (Fsp3) is 0.909. The number of nitrogens with one attached hydrogen (secondary N) is 1. The summed E-state index contributed by atoms with van der Waals surface area (Å²) in [6.07, 6.45) is 0.416. The van der Waals surface area contributed by atoms with Crippen molar-refractivity contribution in [2.45, 2.75) is 51.8 Å². The number of carbonyl (C=O) groups excluding carboxylic acids is 1. The molecule has 4 nitrogen and oxygen atoms in total. The van der Waals surface area contributed by atoms with Crippen LogP contribution in [0.3, 0.4) is 0 Å². The van der Waals surface area contributed by atoms with E-state index >= 15 is 0 Å². The monoisotopic (exact) mass is 248 g/mol. The standard InChI is InChI=1S/C11H24N2O2S/c1-4-8(3)13-11(15)10(14)9(12)6-7-16-5-2/h8-10,14H,4-7,12H2,1-3H3,(H,13,15)/t8?,9-,10?/m1/s1. The van der Waals surface area contributed by atoms with Crippen LogP contribution in [0.4, 0.5) is 0 Å². The number of thioether (sulfide) groups is 1. The number of amides is 1. The lowest BCUT2D eigenvalue weighted by atomic mass is 10.1. The molecule has 0 bridgehead atoms. The number of hydrogen-bond acceptors (Lipinski definition) is 4. The average Bonchev–Trinajstić information content (AvgIpc) is 2.27. The normalized spacial score (nSPS) is 16.6. The molecule has 0 rings (SSSR count). The largest absolute Gasteiger partial charge is 0.382 e. The molecule has 4 N–H and O–H groups in total. The summed E-state index contributed by atoms with van der Waals surface area (Å²) < 4.78 is 0. The summed E-state index contributed by atoms with van der Waals surface area (Å²) in [7, 11) is 0. The van der Waals surface area contributed by atoms with Gasteiger partial charge >= 0.3 is 0 Å². The van der Waals surface area contributed by atoms with E-state index in [-0.39, 0.29) is 11.9 Å². The lowest BCUT2D eigenvalue weighted by Crippen LogP contribution is -2.48. The summed E-state index contributed by atoms with van der Waals surface area (Å²) in [6.45, 7) is 5.96. The van der Waals surface area contributed by atoms with Gasteiger partial charge in [0.15, 0.2) is 0 Å². The van der Waals surface area contributed by atoms with Crippen LogP contribution in [0.1, 0.15) is 33.6 Å². The van der Waals surface area contributed by atoms with Crippen molar-refractivity contribution in [1.29, 1.82) is 0 Å². The molecule has 1 amide bonds. The Morgan fingerprint density at radius 1 is 1.50 bits per heavy atom. The van der Waals surface area contributed by atoms with Crippen LogP contribution in [0.15, 0.2) is 0 Å². The van der Waals surface area contributed by atoms with Gasteiger partial charge in [0, 0.05) is 12.1 Å². The van der Waals surface area contributed by atoms with Gasteiger partial charge in [0.2, 0.25) is 0 Å². The van der Waals surface area contributed by atoms with E-state index in [0.717, 1.165) is 17.9 Å². The van der Waals surface area contributed by atoms with Crippen molar-refractivity contribution in [3.05, 3.63) is 0 Å². The number of nitrogens with two attached hydrogens (primary N) is 1. The Morgan fingerprint density at radius 3 is 2.62 bits per heavy atom. The minimum absolute atomic E-state index is 0.0827. The molecule has 0 saturated heterocycles. The highest BCUT2D eigenvalue weighted by molar-refractivity contribution is 7.99. The minimum atomic E-state index is -1.09. The summed E-state index contributed by atoms with van der Waals surface area (Å²) in [5.41, 5.74) is 5.75. The van der Waals surface area contributed by atoms with Crippen molar-refractivity contribution in [2.75, 3.05) is 11.5 Å². The highest BCUT2D eigenvalue weighted by atomic mass is 32.2. The molecule has 0 fully saturated rings. The lowest BCUT2D eigenvalue weighted by Gasteiger charge is -2.20. The molecule has 0 radical (unpaired) electrons. The smallest absolute Gasteiger partial charge is 0.250 e. The van der Waals surface area contributed by atoms with Gasteiger partial charge in [-0.15, -0.1) is 0 Å². The second-order valence-electron chi connectivity index (χ2n) is 3.91. The van der Waals surface area contributed by atoms with Crippen LogP contribution in [-0.2, 0) is 4.79 Å². The Labute approximate surface area is 102 Å². The summed E-state index contributed by atoms with van der Waals surface area (Å²) in [5, 5.41) is 12.4. The zero-order valence-electron chi connectivity index (χ0n) is 10.4. The maximum absolute atomic E-state index is 11.5. The van der Waals surface area contributed by atoms with Gasteiger partial charge in [-0.2, -0.15) is 11.8 Å². The van der Waals surface area contributed by atoms with Crippen molar-refractivity contribution in [1.82, 2.24) is 5.32 Å². The SMILES string of the molecule is CCSCC[C@@H](N)C(O)C(=O)NC(C)CC. The van der Waals surface area contributed by atoms with Gasteiger partial charge in [0.05, 0.1) is 0 Å². The molecule has 0 aromatic carbocycles. The number of hydrogen-bond donors (Lipinski definition) is 3. The van der Waals surface area contributed by atoms with Gasteiger partial charge in [-0.1, -0.05) is 13.8 Å². The zero-order chi connectivity index (χ0) is 12.6. The Morgan fingerprint density at radius 2 is 2.12 bits per heavy atom. The molecular weight excluding hydrogens is 224 g/mol. The Kier molecular flexibility index (Phi) is 8.70. The first-order chi connectivity index (χ1) is 7.52. The summed E-state index contributed by atoms with van der Waals surface area (Å²) >= 11 is 1.76. The Bertz CT molecular complexity index is 202. The highest BCUT2D eigenvalue weighted by Crippen LogP contribution is 2.06. The molecule has 2 unspecified atom stereocenters. The third-order valence-electron chi connectivity index (χ3n) is 2.47. The molecule has 0 aromatic heterocycles. The van der Waals surface area contributed by atoms with E-state index in [0.29, 0.717) is 6.42 Å². The zero-order valence-corrected chi connectivity index (χ0v) is 11.2. The van der Waals surface area contributed by atoms with Crippen LogP contribution >= 0.6 is 11.8 Å². The van der Waals surface area contributed by atoms with Gasteiger partial charge < -0.3 is 16.2 Å². The van der Waals surface area contributed by atoms with Crippen LogP contribution in [0.2, 0.25) is 0 Å². The predicted molar refractivity (Wildman–Crippen MR) is 69.5 cm³/mol. The third-order valence-corrected chi connectivity index (χ3v) is 3.41. The fourth-order valence-corrected chi connectivity index (χ4v) is 1.87. The van der Waals surface area contributed by atoms with Crippen molar-refractivity contribution >= 4 is 17.7 Å². The number of aliphatic hydroxyl groups excluding tert-OH is 1. The van der Waals surface area contributed by atoms with Gasteiger partial charge in [0.1, 0.15) is 6.10 Å². The maximum atomic E-state index is 11.5. The van der Waals surface area contributed by atoms with E-state index in [4.69, 9.17) is 5.73 Å². The molecule has 0 aliphatic rings. The van der Waals surface area contributed by atoms with E-state index in [1.54, 1.807) is 11.8 Å². The molecule has 0 aliphatic carbocycles. The van der Waals surface area contributed by atoms with Crippen LogP contribution in [0.5, 0.6) is 0 Å². The number of carbonyl (C=O) groups is 1. The second-order valence-corrected chi connectivity index (χ2v) is 5.31. The molecule has 16 heavy (non-hydrogen) atoms. The van der Waals surface area contributed by atoms with Crippen molar-refractivity contribution in [2.24, 2.45) is 5.73 Å². The van der Waals surface area contributed by atoms with Crippen LogP contribution in [0, 0.1) is 0 Å². The lowest BCUT2D eigenvalue weighted by molar-refractivity contribution is -0.131. The topological polar surface area (TPSA) is 75.3 Å². The average molecular weight is 248 g/mol. The van der Waals surface area contributed by atoms with Crippen LogP contribution in [0.25, 0.3) is 0 Å². The van der Waals surface area contributed by atoms with Gasteiger partial charge in [-0.05, 0) is 31.3 Å². The number of rotatable bonds is 8. The van der Waals surface area contributed by atoms with E-state index in [9.17, 15) is 9.90 Å². The molecule has 0 spiro atoms. The maximum Gasteiger partial charge on any atom is 0.250 e. The Balaban J connectivity index is 3.91.